The van der Waals surface area contributed by atoms with Crippen LogP contribution in [0.25, 0.3) is 0 Å². The fraction of sp³-hybridized carbons (Fsp3) is 0.375. The molecular formula is C24H26F3N5O3. The van der Waals surface area contributed by atoms with E-state index < -0.39 is 29.8 Å². The van der Waals surface area contributed by atoms with Crippen LogP contribution in [0.2, 0.25) is 0 Å². The largest absolute Gasteiger partial charge is 0.463 e. The fourth-order valence-corrected chi connectivity index (χ4v) is 4.19. The van der Waals surface area contributed by atoms with E-state index in [0.717, 1.165) is 17.8 Å². The van der Waals surface area contributed by atoms with Gasteiger partial charge in [0.15, 0.2) is 0 Å². The minimum absolute atomic E-state index is 0.198. The van der Waals surface area contributed by atoms with Gasteiger partial charge in [-0.3, -0.25) is 4.90 Å². The van der Waals surface area contributed by atoms with E-state index in [1.54, 1.807) is 6.92 Å². The molecule has 1 saturated heterocycles. The van der Waals surface area contributed by atoms with E-state index in [4.69, 9.17) is 4.74 Å². The second kappa shape index (κ2) is 10.3. The van der Waals surface area contributed by atoms with Crippen molar-refractivity contribution in [3.8, 4) is 0 Å². The number of carbonyl (C=O) groups excluding carboxylic acids is 2. The molecule has 0 bridgehead atoms. The zero-order valence-corrected chi connectivity index (χ0v) is 19.1. The van der Waals surface area contributed by atoms with Gasteiger partial charge in [0.2, 0.25) is 0 Å². The van der Waals surface area contributed by atoms with Crippen molar-refractivity contribution in [2.45, 2.75) is 19.1 Å². The highest BCUT2D eigenvalue weighted by atomic mass is 19.4. The number of hydrogen-bond donors (Lipinski definition) is 2. The van der Waals surface area contributed by atoms with Crippen LogP contribution in [-0.4, -0.2) is 61.2 Å². The molecule has 0 saturated carbocycles. The zero-order valence-electron chi connectivity index (χ0n) is 19.1. The summed E-state index contributed by atoms with van der Waals surface area (Å²) in [6, 6.07) is 10.5. The Kier molecular flexibility index (Phi) is 7.25. The standard InChI is InChI=1S/C24H26F3N5O3/c1-2-35-22(33)20-18(29-23(34)30-21(20)16-6-4-3-5-7-16)15-31-10-12-32(13-11-31)19-9-8-17(14-28-19)24(25,26)27/h3-9,14,21H,2,10-13,15H2,1H3,(H2,29,30,34)/t21-/m1/s1. The van der Waals surface area contributed by atoms with E-state index in [-0.39, 0.29) is 6.61 Å². The molecule has 0 unspecified atom stereocenters. The molecule has 11 heteroatoms. The van der Waals surface area contributed by atoms with Gasteiger partial charge in [-0.05, 0) is 24.6 Å². The number of rotatable bonds is 6. The summed E-state index contributed by atoms with van der Waals surface area (Å²) in [6.07, 6.45) is -3.59. The molecule has 186 valence electrons. The summed E-state index contributed by atoms with van der Waals surface area (Å²) < 4.78 is 43.7. The van der Waals surface area contributed by atoms with Gasteiger partial charge in [0.05, 0.1) is 23.8 Å². The SMILES string of the molecule is CCOC(=O)C1=C(CN2CCN(c3ccc(C(F)(F)F)cn3)CC2)NC(=O)N[C@@H]1c1ccccc1. The molecule has 1 fully saturated rings. The maximum atomic E-state index is 12.9. The van der Waals surface area contributed by atoms with E-state index in [0.29, 0.717) is 49.8 Å². The molecule has 0 aliphatic carbocycles. The maximum Gasteiger partial charge on any atom is 0.417 e. The average Bonchev–Trinajstić information content (AvgIpc) is 2.84. The fourth-order valence-electron chi connectivity index (χ4n) is 4.19. The number of carbonyl (C=O) groups is 2. The smallest absolute Gasteiger partial charge is 0.417 e. The molecule has 4 rings (SSSR count). The Morgan fingerprint density at radius 3 is 2.43 bits per heavy atom. The topological polar surface area (TPSA) is 86.8 Å². The van der Waals surface area contributed by atoms with Crippen molar-refractivity contribution in [3.63, 3.8) is 0 Å². The summed E-state index contributed by atoms with van der Waals surface area (Å²) in [7, 11) is 0. The third-order valence-electron chi connectivity index (χ3n) is 5.94. The molecule has 2 N–H and O–H groups in total. The molecule has 1 atom stereocenters. The van der Waals surface area contributed by atoms with Crippen LogP contribution in [0.5, 0.6) is 0 Å². The Morgan fingerprint density at radius 1 is 1.11 bits per heavy atom. The molecule has 3 heterocycles. The number of amides is 2. The molecule has 2 aliphatic rings. The lowest BCUT2D eigenvalue weighted by Gasteiger charge is -2.37. The minimum Gasteiger partial charge on any atom is -0.463 e. The highest BCUT2D eigenvalue weighted by Crippen LogP contribution is 2.30. The Hall–Kier alpha value is -3.60. The van der Waals surface area contributed by atoms with Crippen LogP contribution in [0.15, 0.2) is 59.9 Å². The van der Waals surface area contributed by atoms with Crippen molar-refractivity contribution < 1.29 is 27.5 Å². The summed E-state index contributed by atoms with van der Waals surface area (Å²) in [6.45, 7) is 4.45. The van der Waals surface area contributed by atoms with Gasteiger partial charge >= 0.3 is 18.2 Å². The number of benzene rings is 1. The number of halogens is 3. The third-order valence-corrected chi connectivity index (χ3v) is 5.94. The van der Waals surface area contributed by atoms with E-state index in [2.05, 4.69) is 20.5 Å². The van der Waals surface area contributed by atoms with Crippen molar-refractivity contribution in [1.29, 1.82) is 0 Å². The molecular weight excluding hydrogens is 463 g/mol. The van der Waals surface area contributed by atoms with Gasteiger partial charge < -0.3 is 20.3 Å². The average molecular weight is 489 g/mol. The van der Waals surface area contributed by atoms with Crippen LogP contribution < -0.4 is 15.5 Å². The van der Waals surface area contributed by atoms with Crippen molar-refractivity contribution in [2.24, 2.45) is 0 Å². The number of ether oxygens (including phenoxy) is 1. The van der Waals surface area contributed by atoms with E-state index >= 15 is 0 Å². The van der Waals surface area contributed by atoms with Crippen LogP contribution in [0.4, 0.5) is 23.8 Å². The van der Waals surface area contributed by atoms with Crippen LogP contribution in [0.3, 0.4) is 0 Å². The van der Waals surface area contributed by atoms with Gasteiger partial charge in [0.25, 0.3) is 0 Å². The first-order chi connectivity index (χ1) is 16.8. The summed E-state index contributed by atoms with van der Waals surface area (Å²) in [4.78, 5) is 33.3. The van der Waals surface area contributed by atoms with Crippen molar-refractivity contribution in [3.05, 3.63) is 71.1 Å². The van der Waals surface area contributed by atoms with E-state index in [1.807, 2.05) is 35.2 Å². The minimum atomic E-state index is -4.43. The van der Waals surface area contributed by atoms with Crippen LogP contribution in [-0.2, 0) is 15.7 Å². The van der Waals surface area contributed by atoms with Crippen LogP contribution >= 0.6 is 0 Å². The number of aromatic nitrogens is 1. The number of hydrogen-bond acceptors (Lipinski definition) is 6. The van der Waals surface area contributed by atoms with Gasteiger partial charge in [-0.2, -0.15) is 13.2 Å². The number of anilines is 1. The van der Waals surface area contributed by atoms with E-state index in [1.165, 1.54) is 6.07 Å². The van der Waals surface area contributed by atoms with Gasteiger partial charge in [-0.1, -0.05) is 30.3 Å². The Bertz CT molecular complexity index is 1080. The normalized spacial score (nSPS) is 19.3. The van der Waals surface area contributed by atoms with Crippen molar-refractivity contribution in [1.82, 2.24) is 20.5 Å². The lowest BCUT2D eigenvalue weighted by Crippen LogP contribution is -2.52. The number of nitrogens with one attached hydrogen (secondary N) is 2. The molecule has 35 heavy (non-hydrogen) atoms. The summed E-state index contributed by atoms with van der Waals surface area (Å²) in [5.74, 6) is -0.0279. The first kappa shape index (κ1) is 24.5. The van der Waals surface area contributed by atoms with Gasteiger partial charge in [-0.25, -0.2) is 14.6 Å². The number of pyridine rings is 1. The first-order valence-corrected chi connectivity index (χ1v) is 11.3. The quantitative estimate of drug-likeness (QED) is 0.607. The number of nitrogens with zero attached hydrogens (tertiary/aromatic N) is 3. The summed E-state index contributed by atoms with van der Waals surface area (Å²) in [5, 5.41) is 5.58. The van der Waals surface area contributed by atoms with Crippen molar-refractivity contribution >= 4 is 17.8 Å². The highest BCUT2D eigenvalue weighted by molar-refractivity contribution is 5.95. The van der Waals surface area contributed by atoms with Crippen molar-refractivity contribution in [2.75, 3.05) is 44.2 Å². The lowest BCUT2D eigenvalue weighted by atomic mass is 9.95. The predicted octanol–water partition coefficient (Wildman–Crippen LogP) is 3.09. The number of esters is 1. The molecule has 0 radical (unpaired) electrons. The monoisotopic (exact) mass is 489 g/mol. The molecule has 8 nitrogen and oxygen atoms in total. The van der Waals surface area contributed by atoms with Crippen LogP contribution in [0.1, 0.15) is 24.1 Å². The molecule has 1 aromatic heterocycles. The Morgan fingerprint density at radius 2 is 1.83 bits per heavy atom. The zero-order chi connectivity index (χ0) is 25.0. The predicted molar refractivity (Wildman–Crippen MR) is 122 cm³/mol. The second-order valence-electron chi connectivity index (χ2n) is 8.22. The van der Waals surface area contributed by atoms with Gasteiger partial charge in [-0.15, -0.1) is 0 Å². The van der Waals surface area contributed by atoms with E-state index in [9.17, 15) is 22.8 Å². The summed E-state index contributed by atoms with van der Waals surface area (Å²) in [5.41, 5.74) is 0.806. The Balaban J connectivity index is 1.49. The van der Waals surface area contributed by atoms with Gasteiger partial charge in [0, 0.05) is 44.6 Å². The molecule has 2 aromatic rings. The number of piperazine rings is 1. The van der Waals surface area contributed by atoms with Crippen LogP contribution in [0, 0.1) is 0 Å². The summed E-state index contributed by atoms with van der Waals surface area (Å²) >= 11 is 0. The number of urea groups is 1. The molecule has 2 aliphatic heterocycles. The number of alkyl halides is 3. The Labute approximate surface area is 200 Å². The highest BCUT2D eigenvalue weighted by Gasteiger charge is 2.35. The maximum absolute atomic E-state index is 12.9. The molecule has 1 aromatic carbocycles. The van der Waals surface area contributed by atoms with Gasteiger partial charge in [0.1, 0.15) is 5.82 Å². The molecule has 2 amide bonds. The third kappa shape index (κ3) is 5.73. The molecule has 0 spiro atoms. The first-order valence-electron chi connectivity index (χ1n) is 11.3. The second-order valence-corrected chi connectivity index (χ2v) is 8.22. The lowest BCUT2D eigenvalue weighted by molar-refractivity contribution is -0.139.